The Bertz CT molecular complexity index is 142. The number of carboxylic acid groups (broad SMARTS) is 1. The fourth-order valence-corrected chi connectivity index (χ4v) is 0.495. The van der Waals surface area contributed by atoms with Crippen molar-refractivity contribution in [2.24, 2.45) is 5.92 Å². The first-order chi connectivity index (χ1) is 4.88. The maximum absolute atomic E-state index is 11.7. The number of aliphatic hydroxyl groups is 1. The van der Waals surface area contributed by atoms with E-state index in [2.05, 4.69) is 0 Å². The molecule has 0 heterocycles. The summed E-state index contributed by atoms with van der Waals surface area (Å²) in [5.41, 5.74) is 0. The van der Waals surface area contributed by atoms with Gasteiger partial charge in [0.15, 0.2) is 0 Å². The highest BCUT2D eigenvalue weighted by Gasteiger charge is 2.40. The fraction of sp³-hybridized carbons (Fsp3) is 0.800. The van der Waals surface area contributed by atoms with Crippen LogP contribution in [-0.4, -0.2) is 29.0 Å². The Morgan fingerprint density at radius 3 is 2.00 bits per heavy atom. The van der Waals surface area contributed by atoms with Crippen LogP contribution in [0.25, 0.3) is 0 Å². The van der Waals surface area contributed by atoms with Crippen molar-refractivity contribution in [2.75, 3.05) is 6.61 Å². The van der Waals surface area contributed by atoms with E-state index in [0.717, 1.165) is 0 Å². The van der Waals surface area contributed by atoms with Crippen molar-refractivity contribution in [3.8, 4) is 0 Å². The fourth-order valence-electron chi connectivity index (χ4n) is 0.495. The molecular formula is C5H7F3O3. The molecule has 2 N–H and O–H groups in total. The van der Waals surface area contributed by atoms with Crippen LogP contribution in [0.1, 0.15) is 6.42 Å². The second-order valence-corrected chi connectivity index (χ2v) is 2.02. The lowest BCUT2D eigenvalue weighted by atomic mass is 10.1. The van der Waals surface area contributed by atoms with E-state index in [1.165, 1.54) is 0 Å². The predicted molar refractivity (Wildman–Crippen MR) is 28.9 cm³/mol. The smallest absolute Gasteiger partial charge is 0.394 e. The van der Waals surface area contributed by atoms with Crippen molar-refractivity contribution in [3.05, 3.63) is 0 Å². The number of carbonyl (C=O) groups is 1. The van der Waals surface area contributed by atoms with Gasteiger partial charge in [0.05, 0.1) is 18.9 Å². The Morgan fingerprint density at radius 1 is 1.45 bits per heavy atom. The summed E-state index contributed by atoms with van der Waals surface area (Å²) in [7, 11) is 0. The average molecular weight is 172 g/mol. The molecule has 0 aliphatic rings. The molecule has 0 rings (SSSR count). The number of aliphatic carboxylic acids is 1. The molecule has 0 aliphatic carbocycles. The lowest BCUT2D eigenvalue weighted by molar-refractivity contribution is -0.190. The van der Waals surface area contributed by atoms with Crippen LogP contribution in [0.2, 0.25) is 0 Å². The lowest BCUT2D eigenvalue weighted by Crippen LogP contribution is -2.28. The Balaban J connectivity index is 4.07. The van der Waals surface area contributed by atoms with Crippen LogP contribution in [0.15, 0.2) is 0 Å². The molecule has 0 spiro atoms. The molecule has 0 saturated heterocycles. The molecule has 0 fully saturated rings. The van der Waals surface area contributed by atoms with Crippen molar-refractivity contribution in [1.82, 2.24) is 0 Å². The van der Waals surface area contributed by atoms with Crippen molar-refractivity contribution >= 4 is 5.97 Å². The number of rotatable bonds is 3. The second-order valence-electron chi connectivity index (χ2n) is 2.02. The summed E-state index contributed by atoms with van der Waals surface area (Å²) in [4.78, 5) is 9.80. The molecule has 66 valence electrons. The van der Waals surface area contributed by atoms with Gasteiger partial charge in [-0.2, -0.15) is 13.2 Å². The summed E-state index contributed by atoms with van der Waals surface area (Å²) < 4.78 is 35.0. The molecule has 0 unspecified atom stereocenters. The van der Waals surface area contributed by atoms with Crippen LogP contribution >= 0.6 is 0 Å². The zero-order chi connectivity index (χ0) is 9.07. The molecule has 3 nitrogen and oxygen atoms in total. The molecule has 1 atom stereocenters. The highest BCUT2D eigenvalue weighted by molar-refractivity contribution is 5.67. The number of alkyl halides is 3. The van der Waals surface area contributed by atoms with E-state index in [0.29, 0.717) is 0 Å². The molecular weight excluding hydrogens is 165 g/mol. The third-order valence-corrected chi connectivity index (χ3v) is 1.10. The van der Waals surface area contributed by atoms with E-state index < -0.39 is 31.1 Å². The van der Waals surface area contributed by atoms with E-state index in [-0.39, 0.29) is 0 Å². The molecule has 0 radical (unpaired) electrons. The normalized spacial score (nSPS) is 14.5. The molecule has 0 bridgehead atoms. The second kappa shape index (κ2) is 3.56. The summed E-state index contributed by atoms with van der Waals surface area (Å²) in [6.45, 7) is -1.18. The number of hydrogen-bond donors (Lipinski definition) is 2. The maximum atomic E-state index is 11.7. The summed E-state index contributed by atoms with van der Waals surface area (Å²) in [6.07, 6.45) is -5.72. The van der Waals surface area contributed by atoms with E-state index in [9.17, 15) is 18.0 Å². The van der Waals surface area contributed by atoms with Crippen molar-refractivity contribution < 1.29 is 28.2 Å². The summed E-state index contributed by atoms with van der Waals surface area (Å²) in [6, 6.07) is 0. The van der Waals surface area contributed by atoms with Gasteiger partial charge in [-0.3, -0.25) is 4.79 Å². The summed E-state index contributed by atoms with van der Waals surface area (Å²) >= 11 is 0. The Morgan fingerprint density at radius 2 is 1.91 bits per heavy atom. The van der Waals surface area contributed by atoms with Crippen molar-refractivity contribution in [2.45, 2.75) is 12.6 Å². The van der Waals surface area contributed by atoms with Gasteiger partial charge >= 0.3 is 12.1 Å². The van der Waals surface area contributed by atoms with Crippen LogP contribution in [0.3, 0.4) is 0 Å². The highest BCUT2D eigenvalue weighted by atomic mass is 19.4. The summed E-state index contributed by atoms with van der Waals surface area (Å²) in [5.74, 6) is -3.72. The Hall–Kier alpha value is -0.780. The molecule has 0 aromatic heterocycles. The van der Waals surface area contributed by atoms with E-state index in [1.54, 1.807) is 0 Å². The van der Waals surface area contributed by atoms with Crippen LogP contribution in [0.5, 0.6) is 0 Å². The van der Waals surface area contributed by atoms with Crippen LogP contribution in [0.4, 0.5) is 13.2 Å². The van der Waals surface area contributed by atoms with Crippen LogP contribution in [-0.2, 0) is 4.79 Å². The lowest BCUT2D eigenvalue weighted by Gasteiger charge is -2.14. The van der Waals surface area contributed by atoms with Crippen LogP contribution < -0.4 is 0 Å². The largest absolute Gasteiger partial charge is 0.481 e. The molecule has 0 amide bonds. The van der Waals surface area contributed by atoms with Gasteiger partial charge in [0, 0.05) is 0 Å². The third-order valence-electron chi connectivity index (χ3n) is 1.10. The molecule has 0 aromatic rings. The predicted octanol–water partition coefficient (Wildman–Crippen LogP) is 0.632. The zero-order valence-corrected chi connectivity index (χ0v) is 5.43. The van der Waals surface area contributed by atoms with Gasteiger partial charge < -0.3 is 10.2 Å². The Labute approximate surface area is 60.4 Å². The SMILES string of the molecule is O=C(O)C[C@H](CO)C(F)(F)F. The first-order valence-electron chi connectivity index (χ1n) is 2.77. The first kappa shape index (κ1) is 10.2. The van der Waals surface area contributed by atoms with E-state index >= 15 is 0 Å². The summed E-state index contributed by atoms with van der Waals surface area (Å²) in [5, 5.41) is 16.1. The minimum Gasteiger partial charge on any atom is -0.481 e. The third kappa shape index (κ3) is 3.82. The molecule has 0 aromatic carbocycles. The van der Waals surface area contributed by atoms with Gasteiger partial charge in [-0.25, -0.2) is 0 Å². The number of halogens is 3. The van der Waals surface area contributed by atoms with Crippen molar-refractivity contribution in [1.29, 1.82) is 0 Å². The maximum Gasteiger partial charge on any atom is 0.394 e. The number of hydrogen-bond acceptors (Lipinski definition) is 2. The molecule has 6 heteroatoms. The molecule has 0 aliphatic heterocycles. The Kier molecular flexibility index (Phi) is 3.31. The highest BCUT2D eigenvalue weighted by Crippen LogP contribution is 2.28. The average Bonchev–Trinajstić information content (AvgIpc) is 1.79. The van der Waals surface area contributed by atoms with E-state index in [1.807, 2.05) is 0 Å². The van der Waals surface area contributed by atoms with Gasteiger partial charge in [-0.1, -0.05) is 0 Å². The first-order valence-corrected chi connectivity index (χ1v) is 2.77. The van der Waals surface area contributed by atoms with Gasteiger partial charge in [-0.15, -0.1) is 0 Å². The quantitative estimate of drug-likeness (QED) is 0.656. The van der Waals surface area contributed by atoms with Crippen LogP contribution in [0, 0.1) is 5.92 Å². The van der Waals surface area contributed by atoms with Gasteiger partial charge in [-0.05, 0) is 0 Å². The monoisotopic (exact) mass is 172 g/mol. The minimum absolute atomic E-state index is 1.08. The zero-order valence-electron chi connectivity index (χ0n) is 5.43. The standard InChI is InChI=1S/C5H7F3O3/c6-5(7,8)3(2-9)1-4(10)11/h3,9H,1-2H2,(H,10,11)/t3-/m1/s1. The van der Waals surface area contributed by atoms with Gasteiger partial charge in [0.25, 0.3) is 0 Å². The van der Waals surface area contributed by atoms with Crippen molar-refractivity contribution in [3.63, 3.8) is 0 Å². The van der Waals surface area contributed by atoms with Gasteiger partial charge in [0.1, 0.15) is 0 Å². The topological polar surface area (TPSA) is 57.5 Å². The number of aliphatic hydroxyl groups excluding tert-OH is 1. The molecule has 0 saturated carbocycles. The minimum atomic E-state index is -4.63. The van der Waals surface area contributed by atoms with Gasteiger partial charge in [0.2, 0.25) is 0 Å². The molecule has 11 heavy (non-hydrogen) atoms. The number of carboxylic acids is 1. The van der Waals surface area contributed by atoms with E-state index in [4.69, 9.17) is 10.2 Å².